The highest BCUT2D eigenvalue weighted by Crippen LogP contribution is 2.42. The van der Waals surface area contributed by atoms with Crippen molar-refractivity contribution < 1.29 is 19.4 Å². The second-order valence-electron chi connectivity index (χ2n) is 9.06. The fourth-order valence-electron chi connectivity index (χ4n) is 4.36. The van der Waals surface area contributed by atoms with Crippen LogP contribution in [0.1, 0.15) is 23.2 Å². The van der Waals surface area contributed by atoms with Crippen LogP contribution in [0.25, 0.3) is 33.4 Å². The Labute approximate surface area is 225 Å². The van der Waals surface area contributed by atoms with E-state index in [-0.39, 0.29) is 22.5 Å². The molecule has 0 radical (unpaired) electrons. The minimum Gasteiger partial charge on any atom is -0.508 e. The molecule has 9 nitrogen and oxygen atoms in total. The first-order valence-corrected chi connectivity index (χ1v) is 12.7. The summed E-state index contributed by atoms with van der Waals surface area (Å²) in [7, 11) is 2.06. The van der Waals surface area contributed by atoms with Crippen LogP contribution in [0.15, 0.2) is 63.8 Å². The quantitative estimate of drug-likeness (QED) is 0.115. The third kappa shape index (κ3) is 6.28. The van der Waals surface area contributed by atoms with E-state index in [4.69, 9.17) is 22.4 Å². The number of nitrogens with two attached hydrogens (primary N) is 1. The van der Waals surface area contributed by atoms with Crippen LogP contribution in [0.2, 0.25) is 0 Å². The number of hydrogen-bond donors (Lipinski definition) is 5. The summed E-state index contributed by atoms with van der Waals surface area (Å²) in [6, 6.07) is 13.8. The van der Waals surface area contributed by atoms with E-state index >= 15 is 0 Å². The molecule has 0 atom stereocenters. The van der Waals surface area contributed by atoms with Crippen molar-refractivity contribution in [1.82, 2.24) is 10.2 Å². The van der Waals surface area contributed by atoms with Gasteiger partial charge in [0.15, 0.2) is 10.5 Å². The first-order valence-electron chi connectivity index (χ1n) is 12.3. The van der Waals surface area contributed by atoms with Crippen LogP contribution in [-0.4, -0.2) is 59.4 Å². The molecule has 38 heavy (non-hydrogen) atoms. The number of benzene rings is 3. The van der Waals surface area contributed by atoms with Gasteiger partial charge < -0.3 is 35.9 Å². The zero-order chi connectivity index (χ0) is 27.2. The summed E-state index contributed by atoms with van der Waals surface area (Å²) in [5.41, 5.74) is 7.87. The molecular formula is C28H30N4O5S. The summed E-state index contributed by atoms with van der Waals surface area (Å²) in [5, 5.41) is 27.3. The fourth-order valence-corrected chi connectivity index (χ4v) is 4.58. The molecule has 198 valence electrons. The molecule has 0 bridgehead atoms. The Balaban J connectivity index is 1.65. The third-order valence-electron chi connectivity index (χ3n) is 6.20. The van der Waals surface area contributed by atoms with E-state index in [2.05, 4.69) is 22.6 Å². The number of thiocarbonyl (C=S) groups is 1. The van der Waals surface area contributed by atoms with Gasteiger partial charge in [0.05, 0.1) is 5.56 Å². The number of rotatable bonds is 10. The summed E-state index contributed by atoms with van der Waals surface area (Å²) in [6.07, 6.45) is 1.85. The van der Waals surface area contributed by atoms with Gasteiger partial charge in [0.2, 0.25) is 0 Å². The lowest BCUT2D eigenvalue weighted by Gasteiger charge is -2.19. The SMILES string of the molecule is CN(CCCN)CCCNC(=S)Nc1ccc(C(=O)O)c(-c2c3ccc(=O)cc-3oc3cc(O)ccc23)c1. The molecule has 4 rings (SSSR count). The molecule has 0 saturated carbocycles. The van der Waals surface area contributed by atoms with E-state index in [9.17, 15) is 19.8 Å². The van der Waals surface area contributed by atoms with Gasteiger partial charge >= 0.3 is 5.97 Å². The molecule has 0 aromatic heterocycles. The van der Waals surface area contributed by atoms with E-state index < -0.39 is 5.97 Å². The highest BCUT2D eigenvalue weighted by Gasteiger charge is 2.22. The molecule has 0 fully saturated rings. The zero-order valence-electron chi connectivity index (χ0n) is 21.0. The maximum atomic E-state index is 12.2. The highest BCUT2D eigenvalue weighted by atomic mass is 32.1. The minimum absolute atomic E-state index is 0.0132. The largest absolute Gasteiger partial charge is 0.508 e. The van der Waals surface area contributed by atoms with Crippen LogP contribution < -0.4 is 21.8 Å². The lowest BCUT2D eigenvalue weighted by atomic mass is 9.90. The molecule has 1 aliphatic heterocycles. The lowest BCUT2D eigenvalue weighted by molar-refractivity contribution is 0.0697. The van der Waals surface area contributed by atoms with E-state index in [1.54, 1.807) is 24.3 Å². The molecule has 0 saturated heterocycles. The summed E-state index contributed by atoms with van der Waals surface area (Å²) in [6.45, 7) is 3.21. The molecule has 2 aliphatic rings. The summed E-state index contributed by atoms with van der Waals surface area (Å²) in [4.78, 5) is 26.5. The van der Waals surface area contributed by atoms with Crippen molar-refractivity contribution in [1.29, 1.82) is 0 Å². The molecule has 0 unspecified atom stereocenters. The van der Waals surface area contributed by atoms with Gasteiger partial charge in [-0.2, -0.15) is 0 Å². The van der Waals surface area contributed by atoms with Crippen molar-refractivity contribution in [2.24, 2.45) is 5.73 Å². The predicted octanol–water partition coefficient (Wildman–Crippen LogP) is 3.93. The number of hydrogen-bond acceptors (Lipinski definition) is 7. The molecule has 10 heteroatoms. The van der Waals surface area contributed by atoms with Gasteiger partial charge in [0.1, 0.15) is 17.1 Å². The Kier molecular flexibility index (Phi) is 8.57. The number of carboxylic acids is 1. The molecular weight excluding hydrogens is 504 g/mol. The number of phenols is 1. The number of fused-ring (bicyclic) bond motifs is 2. The van der Waals surface area contributed by atoms with Crippen molar-refractivity contribution in [2.75, 3.05) is 38.5 Å². The average molecular weight is 535 g/mol. The standard InChI is InChI=1S/C28H30N4O5S/c1-32(12-2-10-29)13-3-11-30-28(38)31-17-4-7-20(27(35)36)23(14-17)26-21-8-5-18(33)15-24(21)37-25-16-19(34)6-9-22(25)26/h4-9,14-16,33H,2-3,10-13,29H2,1H3,(H,35,36)(H2,30,31,38). The summed E-state index contributed by atoms with van der Waals surface area (Å²) in [5.74, 6) is -0.832. The van der Waals surface area contributed by atoms with E-state index in [0.29, 0.717) is 51.5 Å². The zero-order valence-corrected chi connectivity index (χ0v) is 21.8. The van der Waals surface area contributed by atoms with Crippen LogP contribution in [0.3, 0.4) is 0 Å². The van der Waals surface area contributed by atoms with Gasteiger partial charge in [-0.3, -0.25) is 4.79 Å². The van der Waals surface area contributed by atoms with Crippen LogP contribution in [-0.2, 0) is 0 Å². The molecule has 0 amide bonds. The van der Waals surface area contributed by atoms with Gasteiger partial charge in [-0.25, -0.2) is 4.79 Å². The number of aromatic carboxylic acids is 1. The Morgan fingerprint density at radius 1 is 1.05 bits per heavy atom. The smallest absolute Gasteiger partial charge is 0.336 e. The van der Waals surface area contributed by atoms with E-state index in [1.165, 1.54) is 30.3 Å². The molecule has 2 aromatic rings. The van der Waals surface area contributed by atoms with Gasteiger partial charge in [-0.1, -0.05) is 0 Å². The Bertz CT molecular complexity index is 1500. The average Bonchev–Trinajstić information content (AvgIpc) is 2.88. The van der Waals surface area contributed by atoms with Gasteiger partial charge in [-0.15, -0.1) is 0 Å². The normalized spacial score (nSPS) is 11.2. The van der Waals surface area contributed by atoms with E-state index in [1.807, 2.05) is 0 Å². The van der Waals surface area contributed by atoms with Crippen LogP contribution in [0.5, 0.6) is 5.75 Å². The van der Waals surface area contributed by atoms with Crippen molar-refractivity contribution in [2.45, 2.75) is 12.8 Å². The van der Waals surface area contributed by atoms with Crippen molar-refractivity contribution in [3.8, 4) is 28.2 Å². The van der Waals surface area contributed by atoms with Gasteiger partial charge in [-0.05, 0) is 99.8 Å². The summed E-state index contributed by atoms with van der Waals surface area (Å²) >= 11 is 5.47. The molecule has 2 aromatic carbocycles. The Hall–Kier alpha value is -3.99. The number of nitrogens with zero attached hydrogens (tertiary/aromatic N) is 1. The number of anilines is 1. The second kappa shape index (κ2) is 12.0. The molecule has 6 N–H and O–H groups in total. The van der Waals surface area contributed by atoms with E-state index in [0.717, 1.165) is 25.9 Å². The Morgan fingerprint density at radius 2 is 1.84 bits per heavy atom. The van der Waals surface area contributed by atoms with Gasteiger partial charge in [0.25, 0.3) is 0 Å². The number of phenolic OH excluding ortho intramolecular Hbond substituents is 1. The van der Waals surface area contributed by atoms with Crippen molar-refractivity contribution in [3.63, 3.8) is 0 Å². The molecule has 1 aliphatic carbocycles. The van der Waals surface area contributed by atoms with Crippen LogP contribution >= 0.6 is 12.2 Å². The van der Waals surface area contributed by atoms with Crippen LogP contribution in [0, 0.1) is 0 Å². The number of carbonyl (C=O) groups is 1. The number of nitrogens with one attached hydrogen (secondary N) is 2. The van der Waals surface area contributed by atoms with Gasteiger partial charge in [0, 0.05) is 40.9 Å². The maximum Gasteiger partial charge on any atom is 0.336 e. The topological polar surface area (TPSA) is 141 Å². The monoisotopic (exact) mass is 534 g/mol. The van der Waals surface area contributed by atoms with Crippen molar-refractivity contribution in [3.05, 3.63) is 70.4 Å². The highest BCUT2D eigenvalue weighted by molar-refractivity contribution is 7.80. The fraction of sp³-hybridized carbons (Fsp3) is 0.250. The van der Waals surface area contributed by atoms with Crippen molar-refractivity contribution >= 4 is 40.0 Å². The molecule has 0 spiro atoms. The Morgan fingerprint density at radius 3 is 2.61 bits per heavy atom. The number of carboxylic acid groups (broad SMARTS) is 1. The summed E-state index contributed by atoms with van der Waals surface area (Å²) < 4.78 is 5.89. The lowest BCUT2D eigenvalue weighted by Crippen LogP contribution is -2.32. The number of aromatic hydroxyl groups is 1. The maximum absolute atomic E-state index is 12.2. The second-order valence-corrected chi connectivity index (χ2v) is 9.47. The van der Waals surface area contributed by atoms with Crippen LogP contribution in [0.4, 0.5) is 5.69 Å². The minimum atomic E-state index is -1.10. The molecule has 1 heterocycles. The third-order valence-corrected chi connectivity index (χ3v) is 6.45. The first-order chi connectivity index (χ1) is 18.3. The predicted molar refractivity (Wildman–Crippen MR) is 153 cm³/mol. The first kappa shape index (κ1) is 27.1.